The number of allylic oxidation sites excluding steroid dienone is 1. The molecular weight excluding hydrogens is 418 g/mol. The van der Waals surface area contributed by atoms with Crippen molar-refractivity contribution < 1.29 is 9.13 Å². The predicted molar refractivity (Wildman–Crippen MR) is 134 cm³/mol. The van der Waals surface area contributed by atoms with E-state index in [9.17, 15) is 9.13 Å². The molecule has 4 heteroatoms. The van der Waals surface area contributed by atoms with Gasteiger partial charge in [0.15, 0.2) is 7.14 Å². The van der Waals surface area contributed by atoms with Gasteiger partial charge >= 0.3 is 0 Å². The van der Waals surface area contributed by atoms with Gasteiger partial charge in [-0.1, -0.05) is 127 Å². The van der Waals surface area contributed by atoms with Crippen molar-refractivity contribution in [1.29, 1.82) is 0 Å². The maximum absolute atomic E-state index is 14.2. The molecule has 0 saturated carbocycles. The van der Waals surface area contributed by atoms with E-state index in [1.807, 2.05) is 127 Å². The monoisotopic (exact) mass is 442 g/mol. The molecule has 0 atom stereocenters. The standard InChI is InChI=1S/C27H24O2P2/c28-30(24-14-5-1-6-15-24,25-16-7-2-8-17-25)22-13-23-31(29,26-18-9-3-10-19-26)27-20-11-4-12-21-27/h1-22H,23H2/b22-13+. The van der Waals surface area contributed by atoms with E-state index in [1.165, 1.54) is 0 Å². The van der Waals surface area contributed by atoms with Crippen molar-refractivity contribution in [2.45, 2.75) is 0 Å². The number of hydrogen-bond donors (Lipinski definition) is 0. The first kappa shape index (κ1) is 21.3. The highest BCUT2D eigenvalue weighted by Gasteiger charge is 2.28. The summed E-state index contributed by atoms with van der Waals surface area (Å²) in [6, 6.07) is 38.2. The first-order valence-electron chi connectivity index (χ1n) is 10.2. The predicted octanol–water partition coefficient (Wildman–Crippen LogP) is 5.53. The molecule has 0 aliphatic heterocycles. The second-order valence-corrected chi connectivity index (χ2v) is 12.8. The fraction of sp³-hybridized carbons (Fsp3) is 0.0370. The number of hydrogen-bond acceptors (Lipinski definition) is 2. The van der Waals surface area contributed by atoms with E-state index in [-0.39, 0.29) is 0 Å². The molecule has 2 nitrogen and oxygen atoms in total. The Kier molecular flexibility index (Phi) is 6.52. The van der Waals surface area contributed by atoms with Crippen LogP contribution in [-0.2, 0) is 9.13 Å². The van der Waals surface area contributed by atoms with Crippen molar-refractivity contribution in [2.75, 3.05) is 6.16 Å². The van der Waals surface area contributed by atoms with Gasteiger partial charge in [-0.3, -0.25) is 0 Å². The molecule has 0 aromatic heterocycles. The third kappa shape index (κ3) is 4.57. The largest absolute Gasteiger partial charge is 0.313 e. The molecule has 4 aromatic rings. The van der Waals surface area contributed by atoms with Crippen LogP contribution in [0.25, 0.3) is 0 Å². The van der Waals surface area contributed by atoms with Crippen molar-refractivity contribution in [3.63, 3.8) is 0 Å². The van der Waals surface area contributed by atoms with E-state index in [1.54, 1.807) is 5.82 Å². The van der Waals surface area contributed by atoms with Gasteiger partial charge in [-0.25, -0.2) is 0 Å². The molecule has 0 bridgehead atoms. The lowest BCUT2D eigenvalue weighted by molar-refractivity contribution is 0.588. The summed E-state index contributed by atoms with van der Waals surface area (Å²) in [5.74, 6) is 1.77. The highest BCUT2D eigenvalue weighted by Crippen LogP contribution is 2.48. The SMILES string of the molecule is O=P(/C=C/CP(=O)(c1ccccc1)c1ccccc1)(c1ccccc1)c1ccccc1. The van der Waals surface area contributed by atoms with Crippen LogP contribution in [0.5, 0.6) is 0 Å². The van der Waals surface area contributed by atoms with Crippen LogP contribution in [0.3, 0.4) is 0 Å². The van der Waals surface area contributed by atoms with E-state index in [0.717, 1.165) is 21.2 Å². The van der Waals surface area contributed by atoms with Gasteiger partial charge in [0.05, 0.1) is 0 Å². The third-order valence-corrected chi connectivity index (χ3v) is 11.1. The summed E-state index contributed by atoms with van der Waals surface area (Å²) in [6.45, 7) is 0. The molecular formula is C27H24O2P2. The molecule has 0 fully saturated rings. The molecule has 0 spiro atoms. The summed E-state index contributed by atoms with van der Waals surface area (Å²) in [6.07, 6.45) is 2.16. The van der Waals surface area contributed by atoms with E-state index in [4.69, 9.17) is 0 Å². The van der Waals surface area contributed by atoms with Crippen LogP contribution in [0.4, 0.5) is 0 Å². The summed E-state index contributed by atoms with van der Waals surface area (Å²) in [5.41, 5.74) is 0. The summed E-state index contributed by atoms with van der Waals surface area (Å²) in [5, 5.41) is 3.15. The molecule has 0 saturated heterocycles. The Morgan fingerprint density at radius 2 is 0.806 bits per heavy atom. The van der Waals surface area contributed by atoms with Crippen LogP contribution in [-0.4, -0.2) is 6.16 Å². The van der Waals surface area contributed by atoms with Crippen molar-refractivity contribution in [2.24, 2.45) is 0 Å². The minimum atomic E-state index is -2.99. The van der Waals surface area contributed by atoms with Gasteiger partial charge in [0.2, 0.25) is 0 Å². The summed E-state index contributed by atoms with van der Waals surface area (Å²) >= 11 is 0. The van der Waals surface area contributed by atoms with Crippen LogP contribution in [0, 0.1) is 0 Å². The van der Waals surface area contributed by atoms with Gasteiger partial charge in [0, 0.05) is 27.4 Å². The Labute approximate surface area is 184 Å². The van der Waals surface area contributed by atoms with Gasteiger partial charge in [-0.05, 0) is 5.82 Å². The fourth-order valence-electron chi connectivity index (χ4n) is 3.66. The molecule has 0 aliphatic carbocycles. The Balaban J connectivity index is 1.76. The number of rotatable bonds is 7. The Hall–Kier alpha value is -2.92. The van der Waals surface area contributed by atoms with Crippen LogP contribution in [0.1, 0.15) is 0 Å². The van der Waals surface area contributed by atoms with E-state index in [0.29, 0.717) is 6.16 Å². The lowest BCUT2D eigenvalue weighted by atomic mass is 10.4. The molecule has 31 heavy (non-hydrogen) atoms. The van der Waals surface area contributed by atoms with Crippen molar-refractivity contribution in [3.05, 3.63) is 133 Å². The van der Waals surface area contributed by atoms with Gasteiger partial charge < -0.3 is 9.13 Å². The highest BCUT2D eigenvalue weighted by molar-refractivity contribution is 7.81. The van der Waals surface area contributed by atoms with Gasteiger partial charge in [0.1, 0.15) is 7.14 Å². The second kappa shape index (κ2) is 9.48. The molecule has 0 amide bonds. The van der Waals surface area contributed by atoms with E-state index in [2.05, 4.69) is 0 Å². The first-order chi connectivity index (χ1) is 15.1. The third-order valence-electron chi connectivity index (χ3n) is 5.30. The summed E-state index contributed by atoms with van der Waals surface area (Å²) in [4.78, 5) is 0. The average Bonchev–Trinajstić information content (AvgIpc) is 2.86. The molecule has 4 aromatic carbocycles. The topological polar surface area (TPSA) is 34.1 Å². The maximum atomic E-state index is 14.2. The van der Waals surface area contributed by atoms with Crippen molar-refractivity contribution >= 4 is 35.5 Å². The Morgan fingerprint density at radius 1 is 0.484 bits per heavy atom. The molecule has 4 rings (SSSR count). The Morgan fingerprint density at radius 3 is 1.16 bits per heavy atom. The lowest BCUT2D eigenvalue weighted by Gasteiger charge is -2.19. The first-order valence-corrected chi connectivity index (χ1v) is 13.9. The summed E-state index contributed by atoms with van der Waals surface area (Å²) < 4.78 is 28.4. The normalized spacial score (nSPS) is 12.1. The average molecular weight is 442 g/mol. The van der Waals surface area contributed by atoms with Crippen molar-refractivity contribution in [3.8, 4) is 0 Å². The minimum absolute atomic E-state index is 0.310. The smallest absolute Gasteiger partial charge is 0.163 e. The van der Waals surface area contributed by atoms with Crippen LogP contribution < -0.4 is 21.2 Å². The zero-order valence-corrected chi connectivity index (χ0v) is 18.9. The summed E-state index contributed by atoms with van der Waals surface area (Å²) in [7, 11) is -5.90. The second-order valence-electron chi connectivity index (χ2n) is 7.31. The van der Waals surface area contributed by atoms with Gasteiger partial charge in [-0.2, -0.15) is 0 Å². The zero-order chi connectivity index (χ0) is 21.6. The fourth-order valence-corrected chi connectivity index (χ4v) is 8.53. The minimum Gasteiger partial charge on any atom is -0.313 e. The lowest BCUT2D eigenvalue weighted by Crippen LogP contribution is -2.18. The molecule has 0 aliphatic rings. The molecule has 154 valence electrons. The van der Waals surface area contributed by atoms with Crippen molar-refractivity contribution in [1.82, 2.24) is 0 Å². The molecule has 0 N–H and O–H groups in total. The van der Waals surface area contributed by atoms with Crippen LogP contribution in [0.2, 0.25) is 0 Å². The Bertz CT molecular complexity index is 1150. The highest BCUT2D eigenvalue weighted by atomic mass is 31.2. The van der Waals surface area contributed by atoms with Crippen LogP contribution >= 0.6 is 14.3 Å². The van der Waals surface area contributed by atoms with E-state index >= 15 is 0 Å². The molecule has 0 heterocycles. The quantitative estimate of drug-likeness (QED) is 0.353. The van der Waals surface area contributed by atoms with Crippen LogP contribution in [0.15, 0.2) is 133 Å². The zero-order valence-electron chi connectivity index (χ0n) is 17.1. The van der Waals surface area contributed by atoms with Gasteiger partial charge in [-0.15, -0.1) is 0 Å². The van der Waals surface area contributed by atoms with Gasteiger partial charge in [0.25, 0.3) is 0 Å². The van der Waals surface area contributed by atoms with E-state index < -0.39 is 14.3 Å². The maximum Gasteiger partial charge on any atom is 0.163 e. The molecule has 0 unspecified atom stereocenters. The number of benzene rings is 4. The molecule has 0 radical (unpaired) electrons.